The fourth-order valence-electron chi connectivity index (χ4n) is 3.30. The summed E-state index contributed by atoms with van der Waals surface area (Å²) < 4.78 is 28.1. The van der Waals surface area contributed by atoms with Crippen LogP contribution < -0.4 is 5.56 Å². The molecule has 2 amide bonds. The lowest BCUT2D eigenvalue weighted by Gasteiger charge is -2.31. The van der Waals surface area contributed by atoms with Crippen molar-refractivity contribution in [2.45, 2.75) is 13.0 Å². The lowest BCUT2D eigenvalue weighted by Crippen LogP contribution is -2.42. The Morgan fingerprint density at radius 2 is 1.93 bits per heavy atom. The summed E-state index contributed by atoms with van der Waals surface area (Å²) in [5, 5.41) is 10.3. The third kappa shape index (κ3) is 3.12. The largest absolute Gasteiger partial charge is 0.502 e. The minimum absolute atomic E-state index is 0.0313. The van der Waals surface area contributed by atoms with Crippen LogP contribution in [0.4, 0.5) is 8.78 Å². The van der Waals surface area contributed by atoms with Gasteiger partial charge in [-0.05, 0) is 12.5 Å². The number of rotatable bonds is 3. The molecule has 0 atom stereocenters. The summed E-state index contributed by atoms with van der Waals surface area (Å²) >= 11 is 0. The number of fused-ring (bicyclic) bond motifs is 1. The van der Waals surface area contributed by atoms with Crippen LogP contribution in [0.5, 0.6) is 5.75 Å². The van der Waals surface area contributed by atoms with E-state index < -0.39 is 34.8 Å². The van der Waals surface area contributed by atoms with E-state index in [-0.39, 0.29) is 41.9 Å². The molecule has 0 saturated carbocycles. The lowest BCUT2D eigenvalue weighted by molar-refractivity contribution is 0.0718. The first kappa shape index (κ1) is 19.5. The smallest absolute Gasteiger partial charge is 0.293 e. The van der Waals surface area contributed by atoms with Gasteiger partial charge in [-0.3, -0.25) is 14.4 Å². The lowest BCUT2D eigenvalue weighted by atomic mass is 9.95. The highest BCUT2D eigenvalue weighted by Gasteiger charge is 2.34. The van der Waals surface area contributed by atoms with Crippen molar-refractivity contribution in [3.05, 3.63) is 62.6 Å². The van der Waals surface area contributed by atoms with Crippen LogP contribution in [-0.2, 0) is 20.0 Å². The number of pyridine rings is 1. The summed E-state index contributed by atoms with van der Waals surface area (Å²) in [5.41, 5.74) is -0.705. The number of aromatic hydroxyl groups is 1. The molecular formula is C19H19F2N3O4. The monoisotopic (exact) mass is 391 g/mol. The van der Waals surface area contributed by atoms with Crippen LogP contribution in [0.2, 0.25) is 0 Å². The molecule has 3 rings (SSSR count). The Balaban J connectivity index is 2.07. The average molecular weight is 391 g/mol. The van der Waals surface area contributed by atoms with Gasteiger partial charge < -0.3 is 19.5 Å². The minimum Gasteiger partial charge on any atom is -0.502 e. The Bertz CT molecular complexity index is 1050. The molecule has 0 radical (unpaired) electrons. The van der Waals surface area contributed by atoms with Gasteiger partial charge in [-0.25, -0.2) is 8.78 Å². The number of carbonyl (C=O) groups excluding carboxylic acids is 2. The first-order chi connectivity index (χ1) is 13.1. The number of aromatic nitrogens is 1. The van der Waals surface area contributed by atoms with Gasteiger partial charge in [-0.15, -0.1) is 0 Å². The van der Waals surface area contributed by atoms with Crippen molar-refractivity contribution in [3.63, 3.8) is 0 Å². The van der Waals surface area contributed by atoms with Crippen LogP contribution in [0, 0.1) is 11.6 Å². The van der Waals surface area contributed by atoms with Crippen LogP contribution >= 0.6 is 0 Å². The molecule has 0 fully saturated rings. The summed E-state index contributed by atoms with van der Waals surface area (Å²) in [6.45, 7) is -0.00992. The maximum atomic E-state index is 14.0. The summed E-state index contributed by atoms with van der Waals surface area (Å²) in [4.78, 5) is 40.3. The summed E-state index contributed by atoms with van der Waals surface area (Å²) in [7, 11) is 4.38. The van der Waals surface area contributed by atoms with Gasteiger partial charge in [-0.2, -0.15) is 0 Å². The second kappa shape index (κ2) is 7.06. The number of carbonyl (C=O) groups is 2. The second-order valence-corrected chi connectivity index (χ2v) is 6.83. The molecule has 1 aliphatic heterocycles. The van der Waals surface area contributed by atoms with Gasteiger partial charge >= 0.3 is 0 Å². The first-order valence-electron chi connectivity index (χ1n) is 8.53. The Labute approximate surface area is 159 Å². The van der Waals surface area contributed by atoms with Gasteiger partial charge in [0.1, 0.15) is 17.3 Å². The highest BCUT2D eigenvalue weighted by Crippen LogP contribution is 2.29. The van der Waals surface area contributed by atoms with E-state index in [1.54, 1.807) is 0 Å². The molecule has 2 aromatic rings. The zero-order chi connectivity index (χ0) is 20.7. The number of hydrogen-bond donors (Lipinski definition) is 1. The van der Waals surface area contributed by atoms with Crippen molar-refractivity contribution in [1.82, 2.24) is 14.4 Å². The molecule has 1 aromatic heterocycles. The van der Waals surface area contributed by atoms with Crippen molar-refractivity contribution >= 4 is 11.8 Å². The molecule has 0 saturated heterocycles. The molecule has 0 bridgehead atoms. The van der Waals surface area contributed by atoms with Crippen LogP contribution in [0.3, 0.4) is 0 Å². The normalized spacial score (nSPS) is 13.5. The van der Waals surface area contributed by atoms with E-state index in [1.807, 2.05) is 0 Å². The van der Waals surface area contributed by atoms with Crippen molar-refractivity contribution in [3.8, 4) is 5.75 Å². The highest BCUT2D eigenvalue weighted by atomic mass is 19.1. The Morgan fingerprint density at radius 1 is 1.25 bits per heavy atom. The number of halogens is 2. The molecule has 0 spiro atoms. The van der Waals surface area contributed by atoms with Crippen molar-refractivity contribution in [1.29, 1.82) is 0 Å². The van der Waals surface area contributed by atoms with E-state index in [4.69, 9.17) is 0 Å². The molecule has 28 heavy (non-hydrogen) atoms. The van der Waals surface area contributed by atoms with Crippen molar-refractivity contribution in [2.24, 2.45) is 7.05 Å². The Hall–Kier alpha value is -3.23. The maximum Gasteiger partial charge on any atom is 0.293 e. The number of nitrogens with zero attached hydrogens (tertiary/aromatic N) is 3. The molecule has 0 aliphatic carbocycles. The highest BCUT2D eigenvalue weighted by molar-refractivity contribution is 6.03. The molecule has 9 heteroatoms. The molecule has 0 unspecified atom stereocenters. The van der Waals surface area contributed by atoms with E-state index in [0.29, 0.717) is 0 Å². The fourth-order valence-corrected chi connectivity index (χ4v) is 3.30. The zero-order valence-electron chi connectivity index (χ0n) is 15.6. The second-order valence-electron chi connectivity index (χ2n) is 6.83. The Kier molecular flexibility index (Phi) is 4.93. The van der Waals surface area contributed by atoms with Gasteiger partial charge in [-0.1, -0.05) is 6.07 Å². The quantitative estimate of drug-likeness (QED) is 0.854. The van der Waals surface area contributed by atoms with Crippen LogP contribution in [0.15, 0.2) is 23.0 Å². The van der Waals surface area contributed by atoms with Crippen LogP contribution in [-0.4, -0.2) is 51.9 Å². The predicted molar refractivity (Wildman–Crippen MR) is 96.2 cm³/mol. The third-order valence-corrected chi connectivity index (χ3v) is 4.78. The molecular weight excluding hydrogens is 372 g/mol. The van der Waals surface area contributed by atoms with E-state index in [2.05, 4.69) is 0 Å². The van der Waals surface area contributed by atoms with Crippen molar-refractivity contribution < 1.29 is 23.5 Å². The minimum atomic E-state index is -0.868. The summed E-state index contributed by atoms with van der Waals surface area (Å²) in [5.74, 6) is -3.43. The molecule has 2 heterocycles. The van der Waals surface area contributed by atoms with Crippen LogP contribution in [0.1, 0.15) is 32.0 Å². The Morgan fingerprint density at radius 3 is 2.54 bits per heavy atom. The zero-order valence-corrected chi connectivity index (χ0v) is 15.6. The van der Waals surface area contributed by atoms with E-state index in [1.165, 1.54) is 37.0 Å². The molecule has 1 N–H and O–H groups in total. The third-order valence-electron chi connectivity index (χ3n) is 4.78. The topological polar surface area (TPSA) is 82.9 Å². The number of hydrogen-bond acceptors (Lipinski definition) is 4. The maximum absolute atomic E-state index is 14.0. The molecule has 1 aliphatic rings. The predicted octanol–water partition coefficient (Wildman–Crippen LogP) is 1.27. The van der Waals surface area contributed by atoms with Gasteiger partial charge in [0.05, 0.1) is 5.56 Å². The summed E-state index contributed by atoms with van der Waals surface area (Å²) in [6, 6.07) is 3.04. The standard InChI is InChI=1S/C19H19F2N3O4/c1-22(2)18(27)15-12-6-7-24(9-10-4-5-11(20)8-13(10)21)17(26)14(12)16(25)19(28)23(15)3/h4-5,8,25H,6-7,9H2,1-3H3. The van der Waals surface area contributed by atoms with Gasteiger partial charge in [0.2, 0.25) is 0 Å². The van der Waals surface area contributed by atoms with Gasteiger partial charge in [0, 0.05) is 51.4 Å². The summed E-state index contributed by atoms with van der Waals surface area (Å²) in [6.07, 6.45) is 0.195. The number of amides is 2. The fraction of sp³-hybridized carbons (Fsp3) is 0.316. The van der Waals surface area contributed by atoms with E-state index >= 15 is 0 Å². The first-order valence-corrected chi connectivity index (χ1v) is 8.53. The van der Waals surface area contributed by atoms with Crippen molar-refractivity contribution in [2.75, 3.05) is 20.6 Å². The van der Waals surface area contributed by atoms with E-state index in [0.717, 1.165) is 16.7 Å². The number of benzene rings is 1. The van der Waals surface area contributed by atoms with E-state index in [9.17, 15) is 28.3 Å². The SMILES string of the molecule is CN(C)C(=O)c1c2c(c(O)c(=O)n1C)C(=O)N(Cc1ccc(F)cc1F)CC2. The van der Waals surface area contributed by atoms with Gasteiger partial charge in [0.25, 0.3) is 17.4 Å². The average Bonchev–Trinajstić information content (AvgIpc) is 2.63. The van der Waals surface area contributed by atoms with Gasteiger partial charge in [0.15, 0.2) is 5.75 Å². The van der Waals surface area contributed by atoms with Crippen LogP contribution in [0.25, 0.3) is 0 Å². The molecule has 7 nitrogen and oxygen atoms in total. The molecule has 148 valence electrons. The molecule has 1 aromatic carbocycles.